The van der Waals surface area contributed by atoms with Gasteiger partial charge in [-0.2, -0.15) is 8.78 Å². The van der Waals surface area contributed by atoms with E-state index in [1.165, 1.54) is 19.3 Å². The highest BCUT2D eigenvalue weighted by molar-refractivity contribution is 7.99. The molecule has 0 spiro atoms. The number of piperidine rings is 1. The second kappa shape index (κ2) is 12.3. The SMILES string of the molecule is O=C(O)C[C@@H]1CCCN(c2ccc(C(=O)NC3CCC4CC5C[C@@](OC(F)F)(C4)CC53)c(SC3CCCCC3)n2)C1. The van der Waals surface area contributed by atoms with Gasteiger partial charge in [-0.25, -0.2) is 4.98 Å². The lowest BCUT2D eigenvalue weighted by molar-refractivity contribution is -0.219. The van der Waals surface area contributed by atoms with Gasteiger partial charge in [0, 0.05) is 30.8 Å². The lowest BCUT2D eigenvalue weighted by atomic mass is 9.77. The Morgan fingerprint density at radius 1 is 1.10 bits per heavy atom. The van der Waals surface area contributed by atoms with Crippen molar-refractivity contribution in [1.82, 2.24) is 10.3 Å². The average Bonchev–Trinajstić information content (AvgIpc) is 3.13. The molecule has 41 heavy (non-hydrogen) atoms. The summed E-state index contributed by atoms with van der Waals surface area (Å²) in [6, 6.07) is 3.76. The fraction of sp³-hybridized carbons (Fsp3) is 0.774. The summed E-state index contributed by atoms with van der Waals surface area (Å²) in [5.74, 6) is 0.871. The molecular weight excluding hydrogens is 548 g/mol. The smallest absolute Gasteiger partial charge is 0.345 e. The molecule has 5 fully saturated rings. The number of pyridine rings is 1. The van der Waals surface area contributed by atoms with Crippen molar-refractivity contribution in [3.8, 4) is 0 Å². The summed E-state index contributed by atoms with van der Waals surface area (Å²) in [7, 11) is 0. The molecule has 4 saturated carbocycles. The van der Waals surface area contributed by atoms with Gasteiger partial charge >= 0.3 is 12.6 Å². The van der Waals surface area contributed by atoms with Gasteiger partial charge in [0.15, 0.2) is 0 Å². The number of nitrogens with zero attached hydrogens (tertiary/aromatic N) is 2. The number of thioether (sulfide) groups is 1. The number of aliphatic carboxylic acids is 1. The van der Waals surface area contributed by atoms with Gasteiger partial charge in [0.1, 0.15) is 10.8 Å². The van der Waals surface area contributed by atoms with E-state index in [4.69, 9.17) is 9.72 Å². The molecule has 7 nitrogen and oxygen atoms in total. The number of hydrogen-bond acceptors (Lipinski definition) is 6. The summed E-state index contributed by atoms with van der Waals surface area (Å²) in [6.45, 7) is -1.27. The molecule has 2 N–H and O–H groups in total. The van der Waals surface area contributed by atoms with Gasteiger partial charge in [-0.3, -0.25) is 9.59 Å². The first-order valence-electron chi connectivity index (χ1n) is 15.7. The third-order valence-electron chi connectivity index (χ3n) is 10.4. The summed E-state index contributed by atoms with van der Waals surface area (Å²) in [6.07, 6.45) is 12.7. The maximum atomic E-state index is 13.9. The van der Waals surface area contributed by atoms with E-state index in [0.717, 1.165) is 62.3 Å². The Bertz CT molecular complexity index is 1120. The molecule has 10 heteroatoms. The molecule has 1 aliphatic heterocycles. The van der Waals surface area contributed by atoms with Gasteiger partial charge in [-0.05, 0) is 100 Å². The number of aromatic nitrogens is 1. The van der Waals surface area contributed by atoms with Crippen molar-refractivity contribution >= 4 is 29.5 Å². The van der Waals surface area contributed by atoms with Crippen LogP contribution in [0.3, 0.4) is 0 Å². The lowest BCUT2D eigenvalue weighted by Crippen LogP contribution is -2.43. The summed E-state index contributed by atoms with van der Waals surface area (Å²) in [4.78, 5) is 32.4. The molecule has 0 radical (unpaired) electrons. The third kappa shape index (κ3) is 6.68. The summed E-state index contributed by atoms with van der Waals surface area (Å²) in [5.41, 5.74) is -0.153. The van der Waals surface area contributed by atoms with Crippen molar-refractivity contribution in [3.63, 3.8) is 0 Å². The molecule has 6 atom stereocenters. The van der Waals surface area contributed by atoms with E-state index in [9.17, 15) is 23.5 Å². The molecule has 2 heterocycles. The van der Waals surface area contributed by atoms with E-state index < -0.39 is 18.2 Å². The molecule has 3 bridgehead atoms. The van der Waals surface area contributed by atoms with Crippen molar-refractivity contribution in [1.29, 1.82) is 0 Å². The predicted molar refractivity (Wildman–Crippen MR) is 153 cm³/mol. The molecule has 1 aromatic rings. The van der Waals surface area contributed by atoms with E-state index in [1.807, 2.05) is 12.1 Å². The maximum Gasteiger partial charge on any atom is 0.345 e. The van der Waals surface area contributed by atoms with Crippen LogP contribution in [0.1, 0.15) is 100 Å². The summed E-state index contributed by atoms with van der Waals surface area (Å²) >= 11 is 1.71. The van der Waals surface area contributed by atoms with Crippen LogP contribution in [0, 0.1) is 23.7 Å². The van der Waals surface area contributed by atoms with E-state index in [1.54, 1.807) is 11.8 Å². The van der Waals surface area contributed by atoms with Crippen LogP contribution in [-0.4, -0.2) is 58.6 Å². The zero-order valence-corrected chi connectivity index (χ0v) is 24.6. The second-order valence-corrected chi connectivity index (χ2v) is 14.6. The number of hydrogen-bond donors (Lipinski definition) is 2. The Labute approximate surface area is 245 Å². The molecule has 5 aliphatic rings. The number of carboxylic acid groups (broad SMARTS) is 1. The molecule has 1 aromatic heterocycles. The number of carbonyl (C=O) groups is 2. The van der Waals surface area contributed by atoms with E-state index >= 15 is 0 Å². The Balaban J connectivity index is 1.21. The van der Waals surface area contributed by atoms with Crippen molar-refractivity contribution in [2.75, 3.05) is 18.0 Å². The van der Waals surface area contributed by atoms with Gasteiger partial charge in [-0.15, -0.1) is 11.8 Å². The highest BCUT2D eigenvalue weighted by Gasteiger charge is 2.56. The summed E-state index contributed by atoms with van der Waals surface area (Å²) < 4.78 is 31.9. The van der Waals surface area contributed by atoms with Crippen LogP contribution in [-0.2, 0) is 9.53 Å². The Kier molecular flexibility index (Phi) is 8.78. The van der Waals surface area contributed by atoms with E-state index in [-0.39, 0.29) is 30.2 Å². The number of ether oxygens (including phenoxy) is 1. The van der Waals surface area contributed by atoms with Gasteiger partial charge in [-0.1, -0.05) is 19.3 Å². The monoisotopic (exact) mass is 591 g/mol. The number of alkyl halides is 2. The van der Waals surface area contributed by atoms with Crippen LogP contribution in [0.5, 0.6) is 0 Å². The Hall–Kier alpha value is -1.94. The van der Waals surface area contributed by atoms with Gasteiger partial charge < -0.3 is 20.1 Å². The number of fused-ring (bicyclic) bond motifs is 2. The van der Waals surface area contributed by atoms with Gasteiger partial charge in [0.2, 0.25) is 0 Å². The lowest BCUT2D eigenvalue weighted by Gasteiger charge is -2.37. The first-order chi connectivity index (χ1) is 19.8. The largest absolute Gasteiger partial charge is 0.481 e. The highest BCUT2D eigenvalue weighted by Crippen LogP contribution is 2.57. The molecule has 226 valence electrons. The van der Waals surface area contributed by atoms with Crippen molar-refractivity contribution < 1.29 is 28.2 Å². The van der Waals surface area contributed by atoms with Crippen LogP contribution in [0.15, 0.2) is 17.2 Å². The van der Waals surface area contributed by atoms with Crippen LogP contribution >= 0.6 is 11.8 Å². The first-order valence-corrected chi connectivity index (χ1v) is 16.6. The third-order valence-corrected chi connectivity index (χ3v) is 11.8. The number of halogens is 2. The molecule has 0 aromatic carbocycles. The molecular formula is C31H43F2N3O4S. The number of amides is 1. The maximum absolute atomic E-state index is 13.9. The number of anilines is 1. The standard InChI is InChI=1S/C31H43F2N3O4S/c32-30(33)40-31-15-19-8-10-25(24(17-31)21(13-19)16-31)34-28(39)23-9-11-26(35-29(23)41-22-6-2-1-3-7-22)36-12-4-5-20(18-36)14-27(37)38/h9,11,19-22,24-25,30H,1-8,10,12-18H2,(H,34,39)(H,37,38)/t19?,20-,21?,24?,25?,31-/m0/s1. The minimum atomic E-state index is -2.76. The normalized spacial score (nSPS) is 33.6. The summed E-state index contributed by atoms with van der Waals surface area (Å²) in [5, 5.41) is 13.8. The Morgan fingerprint density at radius 2 is 1.93 bits per heavy atom. The number of nitrogens with one attached hydrogen (secondary N) is 1. The predicted octanol–water partition coefficient (Wildman–Crippen LogP) is 6.50. The fourth-order valence-corrected chi connectivity index (χ4v) is 10.1. The van der Waals surface area contributed by atoms with Crippen LogP contribution < -0.4 is 10.2 Å². The van der Waals surface area contributed by atoms with Crippen LogP contribution in [0.2, 0.25) is 0 Å². The van der Waals surface area contributed by atoms with E-state index in [2.05, 4.69) is 10.2 Å². The quantitative estimate of drug-likeness (QED) is 0.339. The van der Waals surface area contributed by atoms with Gasteiger partial charge in [0.25, 0.3) is 5.91 Å². The zero-order chi connectivity index (χ0) is 28.6. The van der Waals surface area contributed by atoms with Gasteiger partial charge in [0.05, 0.1) is 11.2 Å². The minimum Gasteiger partial charge on any atom is -0.481 e. The zero-order valence-electron chi connectivity index (χ0n) is 23.7. The Morgan fingerprint density at radius 3 is 2.71 bits per heavy atom. The minimum absolute atomic E-state index is 0.0491. The van der Waals surface area contributed by atoms with Crippen LogP contribution in [0.4, 0.5) is 14.6 Å². The topological polar surface area (TPSA) is 91.8 Å². The van der Waals surface area contributed by atoms with Crippen molar-refractivity contribution in [2.45, 2.75) is 118 Å². The van der Waals surface area contributed by atoms with Crippen molar-refractivity contribution in [3.05, 3.63) is 17.7 Å². The molecule has 6 rings (SSSR count). The number of rotatable bonds is 9. The van der Waals surface area contributed by atoms with E-state index in [0.29, 0.717) is 48.5 Å². The highest BCUT2D eigenvalue weighted by atomic mass is 32.2. The molecule has 4 aliphatic carbocycles. The second-order valence-electron chi connectivity index (χ2n) is 13.3. The van der Waals surface area contributed by atoms with Crippen molar-refractivity contribution in [2.24, 2.45) is 23.7 Å². The molecule has 4 unspecified atom stereocenters. The first kappa shape index (κ1) is 29.1. The fourth-order valence-electron chi connectivity index (χ4n) is 8.75. The average molecular weight is 592 g/mol. The van der Waals surface area contributed by atoms with Crippen LogP contribution in [0.25, 0.3) is 0 Å². The number of carbonyl (C=O) groups excluding carboxylic acids is 1. The molecule has 1 saturated heterocycles. The molecule has 1 amide bonds. The number of carboxylic acids is 1.